The highest BCUT2D eigenvalue weighted by molar-refractivity contribution is 5.93. The largest absolute Gasteiger partial charge is 0.482 e. The summed E-state index contributed by atoms with van der Waals surface area (Å²) in [5.41, 5.74) is 4.76. The van der Waals surface area contributed by atoms with Crippen LogP contribution in [0.1, 0.15) is 11.1 Å². The number of aliphatic imine (C=N–C) groups is 1. The first-order chi connectivity index (χ1) is 15.2. The van der Waals surface area contributed by atoms with Crippen LogP contribution in [0.25, 0.3) is 22.3 Å². The van der Waals surface area contributed by atoms with Crippen LogP contribution in [0.5, 0.6) is 5.75 Å². The lowest BCUT2D eigenvalue weighted by Gasteiger charge is -2.12. The molecule has 1 aliphatic heterocycles. The number of ether oxygens (including phenoxy) is 1. The second-order valence-corrected chi connectivity index (χ2v) is 7.13. The number of hydrogen-bond donors (Lipinski definition) is 2. The zero-order valence-corrected chi connectivity index (χ0v) is 16.4. The second kappa shape index (κ2) is 7.87. The maximum atomic E-state index is 10.8. The highest BCUT2D eigenvalue weighted by Gasteiger charge is 2.12. The molecule has 1 aliphatic rings. The first-order valence-corrected chi connectivity index (χ1v) is 9.77. The van der Waals surface area contributed by atoms with Crippen LogP contribution in [0, 0.1) is 0 Å². The summed E-state index contributed by atoms with van der Waals surface area (Å²) in [6, 6.07) is 21.0. The number of rotatable bonds is 6. The Balaban J connectivity index is 1.54. The van der Waals surface area contributed by atoms with E-state index in [2.05, 4.69) is 22.4 Å². The van der Waals surface area contributed by atoms with Gasteiger partial charge in [0.05, 0.1) is 12.1 Å². The van der Waals surface area contributed by atoms with Gasteiger partial charge in [0.25, 0.3) is 0 Å². The van der Waals surface area contributed by atoms with Gasteiger partial charge in [-0.15, -0.1) is 0 Å². The van der Waals surface area contributed by atoms with Crippen molar-refractivity contribution in [2.75, 3.05) is 11.9 Å². The third-order valence-electron chi connectivity index (χ3n) is 4.96. The SMILES string of the molecule is O=C(O)COc1cccc(-c2nc(Nc3ccc4c(c3)C=NC4)c3ccccc3n2)c1. The zero-order valence-electron chi connectivity index (χ0n) is 16.4. The summed E-state index contributed by atoms with van der Waals surface area (Å²) in [5, 5.41) is 13.2. The van der Waals surface area contributed by atoms with Gasteiger partial charge in [-0.1, -0.05) is 30.3 Å². The molecule has 4 aromatic rings. The van der Waals surface area contributed by atoms with Gasteiger partial charge in [-0.3, -0.25) is 4.99 Å². The minimum atomic E-state index is -1.03. The number of fused-ring (bicyclic) bond motifs is 2. The molecule has 3 aromatic carbocycles. The Kier molecular flexibility index (Phi) is 4.76. The van der Waals surface area contributed by atoms with E-state index in [1.165, 1.54) is 5.56 Å². The van der Waals surface area contributed by atoms with Gasteiger partial charge in [-0.25, -0.2) is 14.8 Å². The number of hydrogen-bond acceptors (Lipinski definition) is 6. The Labute approximate surface area is 178 Å². The lowest BCUT2D eigenvalue weighted by molar-refractivity contribution is -0.139. The summed E-state index contributed by atoms with van der Waals surface area (Å²) in [4.78, 5) is 24.6. The predicted molar refractivity (Wildman–Crippen MR) is 119 cm³/mol. The van der Waals surface area contributed by atoms with E-state index in [9.17, 15) is 4.79 Å². The number of carboxylic acid groups (broad SMARTS) is 1. The number of nitrogens with zero attached hydrogens (tertiary/aromatic N) is 3. The molecule has 0 spiro atoms. The van der Waals surface area contributed by atoms with Crippen LogP contribution in [-0.4, -0.2) is 33.9 Å². The zero-order chi connectivity index (χ0) is 21.2. The van der Waals surface area contributed by atoms with Gasteiger partial charge in [0.2, 0.25) is 0 Å². The van der Waals surface area contributed by atoms with E-state index in [4.69, 9.17) is 19.8 Å². The number of carboxylic acids is 1. The van der Waals surface area contributed by atoms with Gasteiger partial charge in [0, 0.05) is 22.9 Å². The molecule has 1 aromatic heterocycles. The summed E-state index contributed by atoms with van der Waals surface area (Å²) in [6.07, 6.45) is 1.88. The highest BCUT2D eigenvalue weighted by Crippen LogP contribution is 2.29. The predicted octanol–water partition coefficient (Wildman–Crippen LogP) is 4.44. The van der Waals surface area contributed by atoms with Gasteiger partial charge in [0.1, 0.15) is 11.6 Å². The summed E-state index contributed by atoms with van der Waals surface area (Å²) >= 11 is 0. The molecule has 0 atom stereocenters. The fourth-order valence-electron chi connectivity index (χ4n) is 3.49. The first kappa shape index (κ1) is 18.7. The molecule has 0 unspecified atom stereocenters. The third kappa shape index (κ3) is 3.93. The molecule has 0 radical (unpaired) electrons. The summed E-state index contributed by atoms with van der Waals surface area (Å²) in [5.74, 6) is 0.624. The Morgan fingerprint density at radius 2 is 1.94 bits per heavy atom. The molecule has 0 saturated carbocycles. The molecule has 31 heavy (non-hydrogen) atoms. The molecule has 0 aliphatic carbocycles. The topological polar surface area (TPSA) is 96.7 Å². The van der Waals surface area contributed by atoms with E-state index in [0.717, 1.165) is 34.3 Å². The third-order valence-corrected chi connectivity index (χ3v) is 4.96. The van der Waals surface area contributed by atoms with Gasteiger partial charge in [-0.2, -0.15) is 0 Å². The molecular formula is C24H18N4O3. The Hall–Kier alpha value is -4.26. The molecule has 0 saturated heterocycles. The van der Waals surface area contributed by atoms with Crippen molar-refractivity contribution in [2.45, 2.75) is 6.54 Å². The van der Waals surface area contributed by atoms with Crippen molar-refractivity contribution in [3.63, 3.8) is 0 Å². The van der Waals surface area contributed by atoms with Crippen molar-refractivity contribution >= 4 is 34.6 Å². The molecule has 5 rings (SSSR count). The standard InChI is InChI=1S/C24H18N4O3/c29-22(30)14-31-19-5-3-4-15(11-19)23-27-21-7-2-1-6-20(21)24(28-23)26-18-9-8-16-12-25-13-17(16)10-18/h1-11,13H,12,14H2,(H,29,30)(H,26,27,28). The van der Waals surface area contributed by atoms with E-state index in [1.54, 1.807) is 18.2 Å². The van der Waals surface area contributed by atoms with Gasteiger partial charge in [-0.05, 0) is 47.5 Å². The molecule has 152 valence electrons. The number of anilines is 2. The van der Waals surface area contributed by atoms with Crippen molar-refractivity contribution in [2.24, 2.45) is 4.99 Å². The Morgan fingerprint density at radius 3 is 2.84 bits per heavy atom. The number of nitrogens with one attached hydrogen (secondary N) is 1. The molecule has 0 fully saturated rings. The van der Waals surface area contributed by atoms with Crippen LogP contribution in [0.4, 0.5) is 11.5 Å². The number of para-hydroxylation sites is 1. The van der Waals surface area contributed by atoms with Crippen LogP contribution < -0.4 is 10.1 Å². The summed E-state index contributed by atoms with van der Waals surface area (Å²) in [7, 11) is 0. The van der Waals surface area contributed by atoms with Crippen LogP contribution >= 0.6 is 0 Å². The molecule has 7 nitrogen and oxygen atoms in total. The quantitative estimate of drug-likeness (QED) is 0.488. The van der Waals surface area contributed by atoms with Gasteiger partial charge < -0.3 is 15.2 Å². The van der Waals surface area contributed by atoms with E-state index in [-0.39, 0.29) is 0 Å². The van der Waals surface area contributed by atoms with Gasteiger partial charge in [0.15, 0.2) is 12.4 Å². The van der Waals surface area contributed by atoms with Crippen molar-refractivity contribution in [1.82, 2.24) is 9.97 Å². The minimum absolute atomic E-state index is 0.406. The number of carbonyl (C=O) groups is 1. The fraction of sp³-hybridized carbons (Fsp3) is 0.0833. The number of aliphatic carboxylic acids is 1. The van der Waals surface area contributed by atoms with Crippen molar-refractivity contribution in [3.8, 4) is 17.1 Å². The number of aromatic nitrogens is 2. The lowest BCUT2D eigenvalue weighted by Crippen LogP contribution is -2.09. The van der Waals surface area contributed by atoms with Crippen LogP contribution in [0.15, 0.2) is 71.7 Å². The van der Waals surface area contributed by atoms with Crippen molar-refractivity contribution in [1.29, 1.82) is 0 Å². The van der Waals surface area contributed by atoms with Crippen molar-refractivity contribution in [3.05, 3.63) is 77.9 Å². The average Bonchev–Trinajstić information content (AvgIpc) is 3.26. The molecule has 0 amide bonds. The van der Waals surface area contributed by atoms with Gasteiger partial charge >= 0.3 is 5.97 Å². The molecule has 0 bridgehead atoms. The summed E-state index contributed by atoms with van der Waals surface area (Å²) in [6.45, 7) is 0.312. The maximum Gasteiger partial charge on any atom is 0.341 e. The van der Waals surface area contributed by atoms with E-state index in [1.807, 2.05) is 42.6 Å². The highest BCUT2D eigenvalue weighted by atomic mass is 16.5. The van der Waals surface area contributed by atoms with E-state index in [0.29, 0.717) is 17.4 Å². The van der Waals surface area contributed by atoms with Crippen LogP contribution in [0.2, 0.25) is 0 Å². The molecular weight excluding hydrogens is 392 g/mol. The fourth-order valence-corrected chi connectivity index (χ4v) is 3.49. The van der Waals surface area contributed by atoms with Crippen LogP contribution in [0.3, 0.4) is 0 Å². The summed E-state index contributed by atoms with van der Waals surface area (Å²) < 4.78 is 5.30. The minimum Gasteiger partial charge on any atom is -0.482 e. The Bertz CT molecular complexity index is 1330. The maximum absolute atomic E-state index is 10.8. The van der Waals surface area contributed by atoms with E-state index < -0.39 is 12.6 Å². The Morgan fingerprint density at radius 1 is 1.03 bits per heavy atom. The van der Waals surface area contributed by atoms with Crippen molar-refractivity contribution < 1.29 is 14.6 Å². The normalized spacial score (nSPS) is 12.0. The van der Waals surface area contributed by atoms with E-state index >= 15 is 0 Å². The monoisotopic (exact) mass is 410 g/mol. The number of benzene rings is 3. The smallest absolute Gasteiger partial charge is 0.341 e. The lowest BCUT2D eigenvalue weighted by atomic mass is 10.1. The molecule has 7 heteroatoms. The van der Waals surface area contributed by atoms with Crippen LogP contribution in [-0.2, 0) is 11.3 Å². The average molecular weight is 410 g/mol. The first-order valence-electron chi connectivity index (χ1n) is 9.77. The molecule has 2 N–H and O–H groups in total. The second-order valence-electron chi connectivity index (χ2n) is 7.13. The molecule has 2 heterocycles.